The molecular weight excluding hydrogens is 282 g/mol. The molecule has 0 spiro atoms. The van der Waals surface area contributed by atoms with Crippen molar-refractivity contribution in [2.75, 3.05) is 11.9 Å². The molecule has 2 aromatic rings. The number of urea groups is 1. The molecule has 0 radical (unpaired) electrons. The minimum atomic E-state index is -0.858. The standard InChI is InChI=1S/C14H14F2N2O3/c15-10-2-1-3-11(16)13(10)18-14(20)17-6-4-12(19)9-5-7-21-8-9/h1-3,5,7-8,12,19H,4,6H2,(H2,17,18,20)/t12-/m1/s1. The lowest BCUT2D eigenvalue weighted by Crippen LogP contribution is -2.31. The van der Waals surface area contributed by atoms with Gasteiger partial charge in [0.1, 0.15) is 17.3 Å². The predicted octanol–water partition coefficient (Wildman–Crippen LogP) is 2.80. The average Bonchev–Trinajstić information content (AvgIpc) is 2.97. The van der Waals surface area contributed by atoms with Crippen molar-refractivity contribution >= 4 is 11.7 Å². The molecule has 7 heteroatoms. The molecule has 112 valence electrons. The lowest BCUT2D eigenvalue weighted by molar-refractivity contribution is 0.166. The normalized spacial score (nSPS) is 12.0. The maximum atomic E-state index is 13.3. The molecule has 3 N–H and O–H groups in total. The van der Waals surface area contributed by atoms with Crippen LogP contribution in [0.25, 0.3) is 0 Å². The predicted molar refractivity (Wildman–Crippen MR) is 71.7 cm³/mol. The Labute approximate surface area is 119 Å². The molecule has 21 heavy (non-hydrogen) atoms. The number of para-hydroxylation sites is 1. The van der Waals surface area contributed by atoms with Gasteiger partial charge >= 0.3 is 6.03 Å². The number of benzene rings is 1. The third kappa shape index (κ3) is 4.03. The quantitative estimate of drug-likeness (QED) is 0.794. The van der Waals surface area contributed by atoms with Gasteiger partial charge in [0.05, 0.1) is 18.6 Å². The Balaban J connectivity index is 1.80. The van der Waals surface area contributed by atoms with Gasteiger partial charge in [0, 0.05) is 12.1 Å². The van der Waals surface area contributed by atoms with Crippen LogP contribution in [0.15, 0.2) is 41.2 Å². The number of hydrogen-bond acceptors (Lipinski definition) is 3. The number of rotatable bonds is 5. The van der Waals surface area contributed by atoms with Gasteiger partial charge < -0.3 is 20.2 Å². The number of aliphatic hydroxyl groups is 1. The first kappa shape index (κ1) is 15.0. The molecular formula is C14H14F2N2O3. The molecule has 0 aliphatic rings. The average molecular weight is 296 g/mol. The van der Waals surface area contributed by atoms with E-state index in [0.717, 1.165) is 12.1 Å². The highest BCUT2D eigenvalue weighted by molar-refractivity contribution is 5.89. The van der Waals surface area contributed by atoms with Gasteiger partial charge in [0.25, 0.3) is 0 Å². The summed E-state index contributed by atoms with van der Waals surface area (Å²) in [5, 5.41) is 14.2. The summed E-state index contributed by atoms with van der Waals surface area (Å²) in [6.07, 6.45) is 2.29. The smallest absolute Gasteiger partial charge is 0.319 e. The second-order valence-corrected chi connectivity index (χ2v) is 4.34. The Bertz CT molecular complexity index is 582. The third-order valence-electron chi connectivity index (χ3n) is 2.83. The van der Waals surface area contributed by atoms with Gasteiger partial charge in [-0.15, -0.1) is 0 Å². The van der Waals surface area contributed by atoms with E-state index >= 15 is 0 Å². The number of hydrogen-bond donors (Lipinski definition) is 3. The fraction of sp³-hybridized carbons (Fsp3) is 0.214. The van der Waals surface area contributed by atoms with Crippen molar-refractivity contribution < 1.29 is 23.1 Å². The SMILES string of the molecule is O=C(NCC[C@@H](O)c1ccoc1)Nc1c(F)cccc1F. The van der Waals surface area contributed by atoms with Crippen LogP contribution in [0.3, 0.4) is 0 Å². The number of furan rings is 1. The van der Waals surface area contributed by atoms with Crippen LogP contribution in [-0.2, 0) is 0 Å². The molecule has 5 nitrogen and oxygen atoms in total. The molecule has 0 fully saturated rings. The summed E-state index contributed by atoms with van der Waals surface area (Å²) in [4.78, 5) is 11.5. The second kappa shape index (κ2) is 6.85. The lowest BCUT2D eigenvalue weighted by Gasteiger charge is -2.11. The zero-order chi connectivity index (χ0) is 15.2. The first-order valence-electron chi connectivity index (χ1n) is 6.27. The summed E-state index contributed by atoms with van der Waals surface area (Å²) in [6, 6.07) is 4.15. The Morgan fingerprint density at radius 1 is 1.29 bits per heavy atom. The monoisotopic (exact) mass is 296 g/mol. The number of halogens is 2. The van der Waals surface area contributed by atoms with Gasteiger partial charge in [-0.3, -0.25) is 0 Å². The lowest BCUT2D eigenvalue weighted by atomic mass is 10.1. The van der Waals surface area contributed by atoms with Crippen LogP contribution in [0.1, 0.15) is 18.1 Å². The summed E-state index contributed by atoms with van der Waals surface area (Å²) < 4.78 is 31.5. The van der Waals surface area contributed by atoms with Crippen molar-refractivity contribution in [2.24, 2.45) is 0 Å². The molecule has 1 aromatic carbocycles. The molecule has 2 rings (SSSR count). The number of anilines is 1. The van der Waals surface area contributed by atoms with Gasteiger partial charge in [-0.2, -0.15) is 0 Å². The Morgan fingerprint density at radius 2 is 2.00 bits per heavy atom. The van der Waals surface area contributed by atoms with E-state index in [4.69, 9.17) is 4.42 Å². The van der Waals surface area contributed by atoms with Crippen LogP contribution in [0.5, 0.6) is 0 Å². The second-order valence-electron chi connectivity index (χ2n) is 4.34. The Kier molecular flexibility index (Phi) is 4.89. The Hall–Kier alpha value is -2.41. The molecule has 0 unspecified atom stereocenters. The molecule has 1 heterocycles. The van der Waals surface area contributed by atoms with Crippen LogP contribution >= 0.6 is 0 Å². The van der Waals surface area contributed by atoms with E-state index in [1.54, 1.807) is 6.07 Å². The number of carbonyl (C=O) groups is 1. The van der Waals surface area contributed by atoms with Crippen molar-refractivity contribution in [1.82, 2.24) is 5.32 Å². The van der Waals surface area contributed by atoms with Gasteiger partial charge in [-0.25, -0.2) is 13.6 Å². The third-order valence-corrected chi connectivity index (χ3v) is 2.83. The van der Waals surface area contributed by atoms with Crippen molar-refractivity contribution in [3.8, 4) is 0 Å². The van der Waals surface area contributed by atoms with E-state index in [1.807, 2.05) is 0 Å². The van der Waals surface area contributed by atoms with Crippen LogP contribution in [-0.4, -0.2) is 17.7 Å². The van der Waals surface area contributed by atoms with Gasteiger partial charge in [0.2, 0.25) is 0 Å². The van der Waals surface area contributed by atoms with Crippen LogP contribution < -0.4 is 10.6 Å². The molecule has 1 aromatic heterocycles. The minimum absolute atomic E-state index is 0.133. The number of aliphatic hydroxyl groups excluding tert-OH is 1. The summed E-state index contributed by atoms with van der Waals surface area (Å²) in [7, 11) is 0. The molecule has 1 atom stereocenters. The highest BCUT2D eigenvalue weighted by atomic mass is 19.1. The fourth-order valence-corrected chi connectivity index (χ4v) is 1.73. The zero-order valence-electron chi connectivity index (χ0n) is 11.0. The summed E-state index contributed by atoms with van der Waals surface area (Å²) >= 11 is 0. The van der Waals surface area contributed by atoms with Gasteiger partial charge in [-0.1, -0.05) is 6.07 Å². The van der Waals surface area contributed by atoms with Gasteiger partial charge in [0.15, 0.2) is 0 Å². The zero-order valence-corrected chi connectivity index (χ0v) is 11.0. The minimum Gasteiger partial charge on any atom is -0.472 e. The van der Waals surface area contributed by atoms with E-state index in [0.29, 0.717) is 5.56 Å². The topological polar surface area (TPSA) is 74.5 Å². The molecule has 0 aliphatic heterocycles. The van der Waals surface area contributed by atoms with Gasteiger partial charge in [-0.05, 0) is 24.6 Å². The maximum absolute atomic E-state index is 13.3. The number of nitrogens with one attached hydrogen (secondary N) is 2. The molecule has 2 amide bonds. The van der Waals surface area contributed by atoms with Crippen molar-refractivity contribution in [3.63, 3.8) is 0 Å². The highest BCUT2D eigenvalue weighted by Crippen LogP contribution is 2.18. The van der Waals surface area contributed by atoms with Crippen molar-refractivity contribution in [2.45, 2.75) is 12.5 Å². The van der Waals surface area contributed by atoms with Crippen LogP contribution in [0.2, 0.25) is 0 Å². The highest BCUT2D eigenvalue weighted by Gasteiger charge is 2.12. The molecule has 0 aliphatic carbocycles. The summed E-state index contributed by atoms with van der Waals surface area (Å²) in [5.74, 6) is -1.72. The molecule has 0 saturated heterocycles. The molecule has 0 bridgehead atoms. The Morgan fingerprint density at radius 3 is 2.62 bits per heavy atom. The largest absolute Gasteiger partial charge is 0.472 e. The van der Waals surface area contributed by atoms with E-state index in [-0.39, 0.29) is 13.0 Å². The van der Waals surface area contributed by atoms with Crippen molar-refractivity contribution in [1.29, 1.82) is 0 Å². The van der Waals surface area contributed by atoms with Crippen LogP contribution in [0, 0.1) is 11.6 Å². The van der Waals surface area contributed by atoms with E-state index in [1.165, 1.54) is 18.6 Å². The first-order valence-corrected chi connectivity index (χ1v) is 6.27. The van der Waals surface area contributed by atoms with E-state index < -0.39 is 29.5 Å². The summed E-state index contributed by atoms with van der Waals surface area (Å²) in [5.41, 5.74) is 0.0859. The number of amides is 2. The summed E-state index contributed by atoms with van der Waals surface area (Å²) in [6.45, 7) is 0.133. The molecule has 0 saturated carbocycles. The maximum Gasteiger partial charge on any atom is 0.319 e. The van der Waals surface area contributed by atoms with E-state index in [2.05, 4.69) is 10.6 Å². The van der Waals surface area contributed by atoms with Crippen molar-refractivity contribution in [3.05, 3.63) is 54.0 Å². The van der Waals surface area contributed by atoms with Crippen LogP contribution in [0.4, 0.5) is 19.3 Å². The first-order chi connectivity index (χ1) is 10.1. The fourth-order valence-electron chi connectivity index (χ4n) is 1.73. The van der Waals surface area contributed by atoms with E-state index in [9.17, 15) is 18.7 Å². The number of carbonyl (C=O) groups excluding carboxylic acids is 1.